The van der Waals surface area contributed by atoms with Gasteiger partial charge in [-0.25, -0.2) is 0 Å². The lowest BCUT2D eigenvalue weighted by Gasteiger charge is -2.55. The zero-order valence-electron chi connectivity index (χ0n) is 9.83. The summed E-state index contributed by atoms with van der Waals surface area (Å²) in [7, 11) is 0. The van der Waals surface area contributed by atoms with Crippen LogP contribution in [0, 0.1) is 17.3 Å². The first kappa shape index (κ1) is 8.81. The predicted octanol–water partition coefficient (Wildman–Crippen LogP) is 4.14. The highest BCUT2D eigenvalue weighted by atomic mass is 14.6. The van der Waals surface area contributed by atoms with E-state index in [9.17, 15) is 0 Å². The van der Waals surface area contributed by atoms with E-state index in [0.717, 1.165) is 11.8 Å². The smallest absolute Gasteiger partial charge is 0.00929 e. The van der Waals surface area contributed by atoms with Crippen LogP contribution in [0.2, 0.25) is 0 Å². The maximum Gasteiger partial charge on any atom is -0.00929 e. The van der Waals surface area contributed by atoms with Crippen LogP contribution in [0.5, 0.6) is 0 Å². The van der Waals surface area contributed by atoms with Gasteiger partial charge in [0, 0.05) is 0 Å². The van der Waals surface area contributed by atoms with Crippen molar-refractivity contribution in [2.75, 3.05) is 0 Å². The molecule has 0 unspecified atom stereocenters. The summed E-state index contributed by atoms with van der Waals surface area (Å²) in [5, 5.41) is 0. The van der Waals surface area contributed by atoms with Gasteiger partial charge in [0.05, 0.1) is 0 Å². The second kappa shape index (κ2) is 2.51. The second-order valence-corrected chi connectivity index (χ2v) is 5.98. The molecule has 0 spiro atoms. The van der Waals surface area contributed by atoms with Crippen molar-refractivity contribution >= 4 is 11.6 Å². The zero-order valence-corrected chi connectivity index (χ0v) is 9.83. The fraction of sp³-hybridized carbons (Fsp3) is 0.375. The first-order valence-electron chi connectivity index (χ1n) is 6.21. The zero-order chi connectivity index (χ0) is 10.9. The third-order valence-corrected chi connectivity index (χ3v) is 4.96. The minimum Gasteiger partial charge on any atom is -0.0727 e. The first-order valence-corrected chi connectivity index (χ1v) is 6.21. The summed E-state index contributed by atoms with van der Waals surface area (Å²) >= 11 is 0. The maximum absolute atomic E-state index is 2.53. The van der Waals surface area contributed by atoms with Gasteiger partial charge in [0.15, 0.2) is 0 Å². The Morgan fingerprint density at radius 3 is 2.81 bits per heavy atom. The highest BCUT2D eigenvalue weighted by Crippen LogP contribution is 2.63. The molecule has 0 radical (unpaired) electrons. The van der Waals surface area contributed by atoms with Gasteiger partial charge in [-0.1, -0.05) is 50.3 Å². The Morgan fingerprint density at radius 2 is 2.00 bits per heavy atom. The van der Waals surface area contributed by atoms with Crippen LogP contribution in [-0.2, 0) is 0 Å². The number of allylic oxidation sites excluding steroid dienone is 3. The molecular formula is C16H16. The maximum atomic E-state index is 2.53. The molecule has 1 aromatic rings. The monoisotopic (exact) mass is 208 g/mol. The Hall–Kier alpha value is -1.30. The summed E-state index contributed by atoms with van der Waals surface area (Å²) in [6.07, 6.45) is 6.32. The van der Waals surface area contributed by atoms with Gasteiger partial charge in [-0.05, 0) is 45.9 Å². The van der Waals surface area contributed by atoms with Crippen molar-refractivity contribution in [2.45, 2.75) is 20.3 Å². The van der Waals surface area contributed by atoms with E-state index in [-0.39, 0.29) is 0 Å². The fourth-order valence-electron chi connectivity index (χ4n) is 3.71. The number of rotatable bonds is 0. The molecule has 1 fully saturated rings. The summed E-state index contributed by atoms with van der Waals surface area (Å²) < 4.78 is 0. The molecular weight excluding hydrogens is 192 g/mol. The third-order valence-electron chi connectivity index (χ3n) is 4.96. The average Bonchev–Trinajstić information content (AvgIpc) is 2.66. The van der Waals surface area contributed by atoms with Gasteiger partial charge in [0.2, 0.25) is 0 Å². The topological polar surface area (TPSA) is 0 Å². The summed E-state index contributed by atoms with van der Waals surface area (Å²) in [5.74, 6) is 1.60. The van der Waals surface area contributed by atoms with Gasteiger partial charge in [0.1, 0.15) is 0 Å². The summed E-state index contributed by atoms with van der Waals surface area (Å²) in [5.41, 5.74) is 6.52. The van der Waals surface area contributed by atoms with E-state index in [1.165, 1.54) is 23.1 Å². The van der Waals surface area contributed by atoms with Crippen molar-refractivity contribution in [2.24, 2.45) is 17.3 Å². The molecule has 1 aromatic carbocycles. The lowest BCUT2D eigenvalue weighted by Crippen LogP contribution is -2.47. The summed E-state index contributed by atoms with van der Waals surface area (Å²) in [6, 6.07) is 8.80. The molecule has 1 saturated carbocycles. The van der Waals surface area contributed by atoms with Gasteiger partial charge in [-0.15, -0.1) is 0 Å². The number of hydrogen-bond donors (Lipinski definition) is 0. The van der Waals surface area contributed by atoms with Crippen molar-refractivity contribution in [3.05, 3.63) is 47.0 Å². The van der Waals surface area contributed by atoms with Gasteiger partial charge in [-0.3, -0.25) is 0 Å². The van der Waals surface area contributed by atoms with E-state index in [0.29, 0.717) is 5.41 Å². The van der Waals surface area contributed by atoms with Crippen molar-refractivity contribution in [1.29, 1.82) is 0 Å². The Kier molecular flexibility index (Phi) is 1.38. The van der Waals surface area contributed by atoms with Crippen LogP contribution < -0.4 is 0 Å². The van der Waals surface area contributed by atoms with Crippen molar-refractivity contribution < 1.29 is 0 Å². The largest absolute Gasteiger partial charge is 0.0727 e. The Balaban J connectivity index is 1.95. The van der Waals surface area contributed by atoms with Crippen LogP contribution in [0.15, 0.2) is 35.9 Å². The number of hydrogen-bond acceptors (Lipinski definition) is 0. The molecule has 16 heavy (non-hydrogen) atoms. The number of fused-ring (bicyclic) bond motifs is 1. The van der Waals surface area contributed by atoms with Gasteiger partial charge >= 0.3 is 0 Å². The lowest BCUT2D eigenvalue weighted by atomic mass is 9.48. The fourth-order valence-corrected chi connectivity index (χ4v) is 3.71. The van der Waals surface area contributed by atoms with E-state index < -0.39 is 0 Å². The van der Waals surface area contributed by atoms with E-state index >= 15 is 0 Å². The number of benzene rings is 1. The minimum absolute atomic E-state index is 0.497. The molecule has 0 saturated heterocycles. The molecule has 0 amide bonds. The van der Waals surface area contributed by atoms with E-state index in [4.69, 9.17) is 0 Å². The predicted molar refractivity (Wildman–Crippen MR) is 67.8 cm³/mol. The lowest BCUT2D eigenvalue weighted by molar-refractivity contribution is 0.0364. The molecule has 2 atom stereocenters. The third kappa shape index (κ3) is 0.832. The van der Waals surface area contributed by atoms with Gasteiger partial charge in [-0.2, -0.15) is 0 Å². The van der Waals surface area contributed by atoms with Crippen LogP contribution in [0.25, 0.3) is 11.6 Å². The molecule has 4 aliphatic carbocycles. The first-order chi connectivity index (χ1) is 7.68. The Bertz CT molecular complexity index is 543. The standard InChI is InChI=1S/C16H16/c1-16(2)11-8-13-12-6-4-3-5-10(12)7-14(13)15(16)9-11/h3-8,11,15H,9H2,1-2H3/t11-,15-/m0/s1. The van der Waals surface area contributed by atoms with Crippen molar-refractivity contribution in [1.82, 2.24) is 0 Å². The molecule has 0 heteroatoms. The van der Waals surface area contributed by atoms with Crippen LogP contribution >= 0.6 is 0 Å². The highest BCUT2D eigenvalue weighted by molar-refractivity contribution is 5.96. The van der Waals surface area contributed by atoms with E-state index in [1.807, 2.05) is 0 Å². The average molecular weight is 208 g/mol. The molecule has 0 heterocycles. The molecule has 80 valence electrons. The van der Waals surface area contributed by atoms with Gasteiger partial charge < -0.3 is 0 Å². The summed E-state index contributed by atoms with van der Waals surface area (Å²) in [4.78, 5) is 0. The molecule has 5 rings (SSSR count). The van der Waals surface area contributed by atoms with Crippen molar-refractivity contribution in [3.63, 3.8) is 0 Å². The second-order valence-electron chi connectivity index (χ2n) is 5.98. The molecule has 2 bridgehead atoms. The molecule has 0 N–H and O–H groups in total. The minimum atomic E-state index is 0.497. The SMILES string of the molecule is CC1(C)[C@H]2C=C3C(=Cc4ccccc43)[C@@H]1C2. The Morgan fingerprint density at radius 1 is 1.19 bits per heavy atom. The van der Waals surface area contributed by atoms with Crippen LogP contribution in [0.1, 0.15) is 31.4 Å². The van der Waals surface area contributed by atoms with Crippen LogP contribution in [0.4, 0.5) is 0 Å². The normalized spacial score (nSPS) is 32.1. The van der Waals surface area contributed by atoms with Crippen LogP contribution in [-0.4, -0.2) is 0 Å². The molecule has 0 aliphatic heterocycles. The van der Waals surface area contributed by atoms with Crippen LogP contribution in [0.3, 0.4) is 0 Å². The molecule has 4 aliphatic rings. The Labute approximate surface area is 96.7 Å². The van der Waals surface area contributed by atoms with Crippen molar-refractivity contribution in [3.8, 4) is 0 Å². The van der Waals surface area contributed by atoms with Gasteiger partial charge in [0.25, 0.3) is 0 Å². The van der Waals surface area contributed by atoms with E-state index in [2.05, 4.69) is 50.3 Å². The molecule has 0 nitrogen and oxygen atoms in total. The quantitative estimate of drug-likeness (QED) is 0.601. The summed E-state index contributed by atoms with van der Waals surface area (Å²) in [6.45, 7) is 4.84. The molecule has 0 aromatic heterocycles. The highest BCUT2D eigenvalue weighted by Gasteiger charge is 2.53. The van der Waals surface area contributed by atoms with E-state index in [1.54, 1.807) is 5.57 Å².